The van der Waals surface area contributed by atoms with Crippen LogP contribution in [0.15, 0.2) is 18.2 Å². The van der Waals surface area contributed by atoms with Gasteiger partial charge in [0, 0.05) is 38.3 Å². The summed E-state index contributed by atoms with van der Waals surface area (Å²) in [7, 11) is 0. The number of hydrogen-bond donors (Lipinski definition) is 2. The zero-order valence-electron chi connectivity index (χ0n) is 10.4. The Morgan fingerprint density at radius 3 is 3.00 bits per heavy atom. The van der Waals surface area contributed by atoms with E-state index in [-0.39, 0.29) is 17.8 Å². The second kappa shape index (κ2) is 5.35. The van der Waals surface area contributed by atoms with Gasteiger partial charge in [-0.25, -0.2) is 4.39 Å². The number of nitrogens with one attached hydrogen (secondary N) is 1. The fourth-order valence-corrected chi connectivity index (χ4v) is 2.33. The summed E-state index contributed by atoms with van der Waals surface area (Å²) < 4.78 is 13.4. The zero-order valence-corrected chi connectivity index (χ0v) is 10.4. The molecular formula is C13H18FN3O. The number of benzene rings is 1. The Hall–Kier alpha value is -1.62. The molecule has 1 aliphatic rings. The van der Waals surface area contributed by atoms with Crippen LogP contribution in [0.2, 0.25) is 0 Å². The highest BCUT2D eigenvalue weighted by Gasteiger charge is 2.23. The third-order valence-electron chi connectivity index (χ3n) is 3.14. The van der Waals surface area contributed by atoms with Gasteiger partial charge in [-0.15, -0.1) is 0 Å². The average Bonchev–Trinajstić information content (AvgIpc) is 2.75. The van der Waals surface area contributed by atoms with Crippen LogP contribution in [0.25, 0.3) is 0 Å². The Morgan fingerprint density at radius 1 is 1.56 bits per heavy atom. The maximum absolute atomic E-state index is 13.4. The van der Waals surface area contributed by atoms with E-state index in [1.165, 1.54) is 19.1 Å². The number of carbonyl (C=O) groups is 1. The molecule has 0 saturated carbocycles. The Bertz CT molecular complexity index is 450. The van der Waals surface area contributed by atoms with E-state index in [9.17, 15) is 9.18 Å². The second-order valence-corrected chi connectivity index (χ2v) is 4.65. The molecule has 0 aromatic heterocycles. The first kappa shape index (κ1) is 12.8. The molecule has 1 atom stereocenters. The van der Waals surface area contributed by atoms with Gasteiger partial charge < -0.3 is 16.0 Å². The van der Waals surface area contributed by atoms with Crippen LogP contribution in [0.3, 0.4) is 0 Å². The highest BCUT2D eigenvalue weighted by atomic mass is 19.1. The van der Waals surface area contributed by atoms with Crippen molar-refractivity contribution < 1.29 is 9.18 Å². The van der Waals surface area contributed by atoms with Crippen LogP contribution in [-0.2, 0) is 11.3 Å². The first-order valence-electron chi connectivity index (χ1n) is 6.10. The molecule has 1 heterocycles. The third-order valence-corrected chi connectivity index (χ3v) is 3.14. The largest absolute Gasteiger partial charge is 0.369 e. The van der Waals surface area contributed by atoms with E-state index in [2.05, 4.69) is 10.2 Å². The molecule has 1 amide bonds. The van der Waals surface area contributed by atoms with Gasteiger partial charge in [-0.3, -0.25) is 4.79 Å². The van der Waals surface area contributed by atoms with Gasteiger partial charge in [0.25, 0.3) is 0 Å². The molecule has 0 bridgehead atoms. The van der Waals surface area contributed by atoms with Crippen molar-refractivity contribution in [3.05, 3.63) is 29.6 Å². The number of carbonyl (C=O) groups excluding carboxylic acids is 1. The number of anilines is 1. The van der Waals surface area contributed by atoms with E-state index < -0.39 is 0 Å². The Balaban J connectivity index is 2.09. The van der Waals surface area contributed by atoms with Crippen molar-refractivity contribution in [1.82, 2.24) is 5.32 Å². The molecule has 0 aliphatic carbocycles. The van der Waals surface area contributed by atoms with Gasteiger partial charge in [-0.05, 0) is 30.2 Å². The Kier molecular flexibility index (Phi) is 3.81. The Labute approximate surface area is 106 Å². The second-order valence-electron chi connectivity index (χ2n) is 4.65. The van der Waals surface area contributed by atoms with E-state index in [0.29, 0.717) is 13.1 Å². The van der Waals surface area contributed by atoms with Gasteiger partial charge in [0.15, 0.2) is 0 Å². The predicted octanol–water partition coefficient (Wildman–Crippen LogP) is 0.999. The smallest absolute Gasteiger partial charge is 0.217 e. The van der Waals surface area contributed by atoms with Crippen molar-refractivity contribution >= 4 is 11.6 Å². The minimum Gasteiger partial charge on any atom is -0.369 e. The minimum atomic E-state index is -0.268. The quantitative estimate of drug-likeness (QED) is 0.842. The van der Waals surface area contributed by atoms with Crippen LogP contribution in [0.4, 0.5) is 10.1 Å². The molecule has 1 aromatic rings. The van der Waals surface area contributed by atoms with Gasteiger partial charge in [-0.1, -0.05) is 0 Å². The summed E-state index contributed by atoms with van der Waals surface area (Å²) in [6.45, 7) is 3.37. The summed E-state index contributed by atoms with van der Waals surface area (Å²) in [5, 5.41) is 2.89. The number of amides is 1. The summed E-state index contributed by atoms with van der Waals surface area (Å²) in [6, 6.07) is 5.01. The van der Waals surface area contributed by atoms with E-state index in [4.69, 9.17) is 5.73 Å². The van der Waals surface area contributed by atoms with Crippen molar-refractivity contribution in [3.8, 4) is 0 Å². The van der Waals surface area contributed by atoms with E-state index >= 15 is 0 Å². The molecule has 1 aromatic carbocycles. The van der Waals surface area contributed by atoms with Crippen LogP contribution < -0.4 is 16.0 Å². The van der Waals surface area contributed by atoms with Gasteiger partial charge in [0.2, 0.25) is 5.91 Å². The highest BCUT2D eigenvalue weighted by molar-refractivity contribution is 5.73. The summed E-state index contributed by atoms with van der Waals surface area (Å²) in [5.74, 6) is -0.292. The molecule has 98 valence electrons. The lowest BCUT2D eigenvalue weighted by Crippen LogP contribution is -2.35. The number of hydrogen-bond acceptors (Lipinski definition) is 3. The summed E-state index contributed by atoms with van der Waals surface area (Å²) >= 11 is 0. The molecule has 1 aliphatic heterocycles. The van der Waals surface area contributed by atoms with Crippen LogP contribution in [0.1, 0.15) is 18.9 Å². The standard InChI is InChI=1S/C13H18FN3O/c1-9(18)16-12-2-3-17(8-12)13-5-10(7-15)4-11(14)6-13/h4-6,12H,2-3,7-8,15H2,1H3,(H,16,18). The monoisotopic (exact) mass is 251 g/mol. The van der Waals surface area contributed by atoms with Crippen molar-refractivity contribution in [1.29, 1.82) is 0 Å². The average molecular weight is 251 g/mol. The maximum Gasteiger partial charge on any atom is 0.217 e. The van der Waals surface area contributed by atoms with Gasteiger partial charge >= 0.3 is 0 Å². The molecule has 5 heteroatoms. The molecule has 4 nitrogen and oxygen atoms in total. The lowest BCUT2D eigenvalue weighted by Gasteiger charge is -2.19. The molecule has 18 heavy (non-hydrogen) atoms. The number of nitrogens with zero attached hydrogens (tertiary/aromatic N) is 1. The molecule has 1 unspecified atom stereocenters. The van der Waals surface area contributed by atoms with Crippen molar-refractivity contribution in [2.45, 2.75) is 25.9 Å². The summed E-state index contributed by atoms with van der Waals surface area (Å²) in [6.07, 6.45) is 0.883. The minimum absolute atomic E-state index is 0.0243. The highest BCUT2D eigenvalue weighted by Crippen LogP contribution is 2.23. The zero-order chi connectivity index (χ0) is 13.1. The molecule has 0 spiro atoms. The fraction of sp³-hybridized carbons (Fsp3) is 0.462. The summed E-state index contributed by atoms with van der Waals surface area (Å²) in [5.41, 5.74) is 7.16. The van der Waals surface area contributed by atoms with Crippen LogP contribution >= 0.6 is 0 Å². The summed E-state index contributed by atoms with van der Waals surface area (Å²) in [4.78, 5) is 13.1. The number of rotatable bonds is 3. The normalized spacial score (nSPS) is 19.1. The van der Waals surface area contributed by atoms with Gasteiger partial charge in [0.1, 0.15) is 5.82 Å². The SMILES string of the molecule is CC(=O)NC1CCN(c2cc(F)cc(CN)c2)C1. The lowest BCUT2D eigenvalue weighted by atomic mass is 10.2. The van der Waals surface area contributed by atoms with Crippen LogP contribution in [0, 0.1) is 5.82 Å². The van der Waals surface area contributed by atoms with E-state index in [1.807, 2.05) is 6.07 Å². The van der Waals surface area contributed by atoms with Gasteiger partial charge in [-0.2, -0.15) is 0 Å². The van der Waals surface area contributed by atoms with Crippen LogP contribution in [0.5, 0.6) is 0 Å². The molecule has 0 radical (unpaired) electrons. The predicted molar refractivity (Wildman–Crippen MR) is 68.7 cm³/mol. The molecule has 1 saturated heterocycles. The molecule has 3 N–H and O–H groups in total. The number of nitrogens with two attached hydrogens (primary N) is 1. The molecule has 2 rings (SSSR count). The van der Waals surface area contributed by atoms with Crippen molar-refractivity contribution in [3.63, 3.8) is 0 Å². The maximum atomic E-state index is 13.4. The van der Waals surface area contributed by atoms with E-state index in [0.717, 1.165) is 24.2 Å². The van der Waals surface area contributed by atoms with E-state index in [1.54, 1.807) is 0 Å². The Morgan fingerprint density at radius 2 is 2.33 bits per heavy atom. The van der Waals surface area contributed by atoms with Crippen molar-refractivity contribution in [2.24, 2.45) is 5.73 Å². The lowest BCUT2D eigenvalue weighted by molar-refractivity contribution is -0.119. The number of halogens is 1. The first-order chi connectivity index (χ1) is 8.58. The fourth-order valence-electron chi connectivity index (χ4n) is 2.33. The molecular weight excluding hydrogens is 233 g/mol. The first-order valence-corrected chi connectivity index (χ1v) is 6.10. The molecule has 1 fully saturated rings. The third kappa shape index (κ3) is 2.98. The van der Waals surface area contributed by atoms with Crippen molar-refractivity contribution in [2.75, 3.05) is 18.0 Å². The topological polar surface area (TPSA) is 58.4 Å². The van der Waals surface area contributed by atoms with Crippen LogP contribution in [-0.4, -0.2) is 25.0 Å². The van der Waals surface area contributed by atoms with Gasteiger partial charge in [0.05, 0.1) is 0 Å².